The van der Waals surface area contributed by atoms with Gasteiger partial charge in [-0.25, -0.2) is 9.97 Å². The molecule has 0 bridgehead atoms. The van der Waals surface area contributed by atoms with E-state index >= 15 is 0 Å². The van der Waals surface area contributed by atoms with Crippen molar-refractivity contribution >= 4 is 0 Å². The Morgan fingerprint density at radius 3 is 2.77 bits per heavy atom. The number of nitrogens with zero attached hydrogens (tertiary/aromatic N) is 2. The summed E-state index contributed by atoms with van der Waals surface area (Å²) in [5.41, 5.74) is 6.57. The zero-order valence-corrected chi connectivity index (χ0v) is 7.44. The molecular weight excluding hydrogens is 166 g/mol. The summed E-state index contributed by atoms with van der Waals surface area (Å²) in [5, 5.41) is 0. The maximum absolute atomic E-state index is 5.40. The molecule has 1 aromatic rings. The van der Waals surface area contributed by atoms with Crippen LogP contribution in [0.25, 0.3) is 0 Å². The average molecular weight is 179 g/mol. The first-order valence-electron chi connectivity index (χ1n) is 4.49. The molecule has 0 aliphatic carbocycles. The molecule has 1 aliphatic heterocycles. The standard InChI is InChI=1S/C9H13N3O/c10-3-9-11-4-8(5-12-9)7-1-2-13-6-7/h4-5,7H,1-3,6,10H2. The van der Waals surface area contributed by atoms with Crippen LogP contribution >= 0.6 is 0 Å². The third-order valence-electron chi connectivity index (χ3n) is 2.31. The summed E-state index contributed by atoms with van der Waals surface area (Å²) >= 11 is 0. The number of nitrogens with two attached hydrogens (primary N) is 1. The van der Waals surface area contributed by atoms with Crippen molar-refractivity contribution in [1.29, 1.82) is 0 Å². The molecule has 1 fully saturated rings. The second-order valence-electron chi connectivity index (χ2n) is 3.20. The van der Waals surface area contributed by atoms with Gasteiger partial charge in [0.25, 0.3) is 0 Å². The normalized spacial score (nSPS) is 22.1. The molecule has 0 aromatic carbocycles. The van der Waals surface area contributed by atoms with Crippen molar-refractivity contribution in [2.45, 2.75) is 18.9 Å². The number of hydrogen-bond acceptors (Lipinski definition) is 4. The van der Waals surface area contributed by atoms with E-state index in [0.717, 1.165) is 25.2 Å². The van der Waals surface area contributed by atoms with Gasteiger partial charge in [-0.2, -0.15) is 0 Å². The monoisotopic (exact) mass is 179 g/mol. The Hall–Kier alpha value is -1.00. The van der Waals surface area contributed by atoms with E-state index in [0.29, 0.717) is 18.3 Å². The van der Waals surface area contributed by atoms with Gasteiger partial charge in [-0.1, -0.05) is 0 Å². The van der Waals surface area contributed by atoms with Crippen LogP contribution in [0.1, 0.15) is 23.7 Å². The summed E-state index contributed by atoms with van der Waals surface area (Å²) in [4.78, 5) is 8.30. The lowest BCUT2D eigenvalue weighted by atomic mass is 10.0. The molecule has 0 amide bonds. The lowest BCUT2D eigenvalue weighted by molar-refractivity contribution is 0.194. The summed E-state index contributed by atoms with van der Waals surface area (Å²) in [5.74, 6) is 1.18. The predicted octanol–water partition coefficient (Wildman–Crippen LogP) is 0.439. The fourth-order valence-corrected chi connectivity index (χ4v) is 1.48. The van der Waals surface area contributed by atoms with Crippen molar-refractivity contribution in [3.8, 4) is 0 Å². The minimum atomic E-state index is 0.404. The Labute approximate surface area is 77.1 Å². The van der Waals surface area contributed by atoms with Crippen molar-refractivity contribution in [3.63, 3.8) is 0 Å². The number of hydrogen-bond donors (Lipinski definition) is 1. The highest BCUT2D eigenvalue weighted by Crippen LogP contribution is 2.23. The summed E-state index contributed by atoms with van der Waals surface area (Å²) in [6.45, 7) is 2.05. The Kier molecular flexibility index (Phi) is 2.52. The van der Waals surface area contributed by atoms with Gasteiger partial charge in [0.15, 0.2) is 0 Å². The van der Waals surface area contributed by atoms with E-state index in [9.17, 15) is 0 Å². The highest BCUT2D eigenvalue weighted by Gasteiger charge is 2.17. The van der Waals surface area contributed by atoms with E-state index in [1.54, 1.807) is 0 Å². The van der Waals surface area contributed by atoms with Crippen LogP contribution in [-0.4, -0.2) is 23.2 Å². The van der Waals surface area contributed by atoms with Gasteiger partial charge in [0, 0.05) is 24.9 Å². The van der Waals surface area contributed by atoms with Gasteiger partial charge >= 0.3 is 0 Å². The fourth-order valence-electron chi connectivity index (χ4n) is 1.48. The molecule has 1 aliphatic rings. The van der Waals surface area contributed by atoms with E-state index in [2.05, 4.69) is 9.97 Å². The van der Waals surface area contributed by atoms with Gasteiger partial charge in [-0.05, 0) is 12.0 Å². The Bertz CT molecular complexity index is 267. The van der Waals surface area contributed by atoms with Gasteiger partial charge in [0.2, 0.25) is 0 Å². The SMILES string of the molecule is NCc1ncc(C2CCOC2)cn1. The second kappa shape index (κ2) is 3.81. The van der Waals surface area contributed by atoms with E-state index in [1.165, 1.54) is 0 Å². The Morgan fingerprint density at radius 1 is 1.46 bits per heavy atom. The van der Waals surface area contributed by atoms with Crippen molar-refractivity contribution in [3.05, 3.63) is 23.8 Å². The van der Waals surface area contributed by atoms with E-state index in [-0.39, 0.29) is 0 Å². The van der Waals surface area contributed by atoms with Crippen LogP contribution in [0.5, 0.6) is 0 Å². The molecule has 1 saturated heterocycles. The molecule has 1 unspecified atom stereocenters. The van der Waals surface area contributed by atoms with Crippen LogP contribution in [0.15, 0.2) is 12.4 Å². The molecule has 2 N–H and O–H groups in total. The van der Waals surface area contributed by atoms with Gasteiger partial charge in [0.1, 0.15) is 5.82 Å². The molecular formula is C9H13N3O. The highest BCUT2D eigenvalue weighted by molar-refractivity contribution is 5.12. The zero-order valence-electron chi connectivity index (χ0n) is 7.44. The first-order valence-corrected chi connectivity index (χ1v) is 4.49. The Balaban J connectivity index is 2.12. The van der Waals surface area contributed by atoms with Gasteiger partial charge in [0.05, 0.1) is 13.2 Å². The van der Waals surface area contributed by atoms with Crippen LogP contribution in [-0.2, 0) is 11.3 Å². The van der Waals surface area contributed by atoms with E-state index in [1.807, 2.05) is 12.4 Å². The highest BCUT2D eigenvalue weighted by atomic mass is 16.5. The van der Waals surface area contributed by atoms with Crippen LogP contribution in [0.4, 0.5) is 0 Å². The molecule has 13 heavy (non-hydrogen) atoms. The first-order chi connectivity index (χ1) is 6.40. The number of aromatic nitrogens is 2. The number of ether oxygens (including phenoxy) is 1. The smallest absolute Gasteiger partial charge is 0.141 e. The summed E-state index contributed by atoms with van der Waals surface area (Å²) in [6.07, 6.45) is 4.79. The molecule has 70 valence electrons. The molecule has 2 rings (SSSR count). The first kappa shape index (κ1) is 8.59. The van der Waals surface area contributed by atoms with Crippen molar-refractivity contribution in [2.24, 2.45) is 5.73 Å². The van der Waals surface area contributed by atoms with Crippen LogP contribution in [0, 0.1) is 0 Å². The maximum Gasteiger partial charge on any atom is 0.141 e. The molecule has 1 aromatic heterocycles. The van der Waals surface area contributed by atoms with Crippen LogP contribution < -0.4 is 5.73 Å². The summed E-state index contributed by atoms with van der Waals surface area (Å²) in [7, 11) is 0. The van der Waals surface area contributed by atoms with Crippen molar-refractivity contribution in [1.82, 2.24) is 9.97 Å². The van der Waals surface area contributed by atoms with Crippen LogP contribution in [0.2, 0.25) is 0 Å². The van der Waals surface area contributed by atoms with Gasteiger partial charge in [-0.15, -0.1) is 0 Å². The minimum absolute atomic E-state index is 0.404. The minimum Gasteiger partial charge on any atom is -0.381 e. The third-order valence-corrected chi connectivity index (χ3v) is 2.31. The van der Waals surface area contributed by atoms with E-state index in [4.69, 9.17) is 10.5 Å². The van der Waals surface area contributed by atoms with Crippen molar-refractivity contribution < 1.29 is 4.74 Å². The fraction of sp³-hybridized carbons (Fsp3) is 0.556. The number of rotatable bonds is 2. The maximum atomic E-state index is 5.40. The zero-order chi connectivity index (χ0) is 9.10. The topological polar surface area (TPSA) is 61.0 Å². The molecule has 0 radical (unpaired) electrons. The molecule has 0 saturated carbocycles. The average Bonchev–Trinajstić information content (AvgIpc) is 2.71. The lowest BCUT2D eigenvalue weighted by Crippen LogP contribution is -2.05. The van der Waals surface area contributed by atoms with E-state index < -0.39 is 0 Å². The largest absolute Gasteiger partial charge is 0.381 e. The van der Waals surface area contributed by atoms with Crippen molar-refractivity contribution in [2.75, 3.05) is 13.2 Å². The van der Waals surface area contributed by atoms with Gasteiger partial charge < -0.3 is 10.5 Å². The van der Waals surface area contributed by atoms with Gasteiger partial charge in [-0.3, -0.25) is 0 Å². The molecule has 2 heterocycles. The molecule has 4 nitrogen and oxygen atoms in total. The summed E-state index contributed by atoms with van der Waals surface area (Å²) in [6, 6.07) is 0. The molecule has 0 spiro atoms. The second-order valence-corrected chi connectivity index (χ2v) is 3.20. The summed E-state index contributed by atoms with van der Waals surface area (Å²) < 4.78 is 5.29. The predicted molar refractivity (Wildman–Crippen MR) is 48.1 cm³/mol. The Morgan fingerprint density at radius 2 is 2.23 bits per heavy atom. The quantitative estimate of drug-likeness (QED) is 0.715. The molecule has 1 atom stereocenters. The van der Waals surface area contributed by atoms with Crippen LogP contribution in [0.3, 0.4) is 0 Å². The lowest BCUT2D eigenvalue weighted by Gasteiger charge is -2.06. The third kappa shape index (κ3) is 1.84. The molecule has 4 heteroatoms.